The molecule has 0 radical (unpaired) electrons. The quantitative estimate of drug-likeness (QED) is 0.165. The van der Waals surface area contributed by atoms with Gasteiger partial charge in [0.15, 0.2) is 0 Å². The molecule has 45 heavy (non-hydrogen) atoms. The summed E-state index contributed by atoms with van der Waals surface area (Å²) in [6.07, 6.45) is 7.76. The monoisotopic (exact) mass is 766 g/mol. The van der Waals surface area contributed by atoms with Crippen LogP contribution in [0.4, 0.5) is 0 Å². The Hall–Kier alpha value is -4.93. The van der Waals surface area contributed by atoms with Gasteiger partial charge in [-0.2, -0.15) is 12.1 Å². The van der Waals surface area contributed by atoms with E-state index < -0.39 is 0 Å². The molecular formula is C38H29N5OPt. The molecule has 0 fully saturated rings. The Balaban J connectivity index is 0.00000325. The first-order valence-electron chi connectivity index (χ1n) is 14.7. The van der Waals surface area contributed by atoms with Gasteiger partial charge in [0.1, 0.15) is 5.82 Å². The van der Waals surface area contributed by atoms with E-state index in [1.54, 1.807) is 0 Å². The molecule has 0 aliphatic heterocycles. The third-order valence-electron chi connectivity index (χ3n) is 8.05. The zero-order valence-corrected chi connectivity index (χ0v) is 27.3. The van der Waals surface area contributed by atoms with Crippen molar-refractivity contribution in [1.29, 1.82) is 0 Å². The van der Waals surface area contributed by atoms with E-state index in [0.29, 0.717) is 11.5 Å². The van der Waals surface area contributed by atoms with E-state index in [9.17, 15) is 0 Å². The molecule has 0 aliphatic rings. The molecule has 0 atom stereocenters. The summed E-state index contributed by atoms with van der Waals surface area (Å²) in [6, 6.07) is 39.9. The number of hydrogen-bond acceptors (Lipinski definition) is 3. The number of aromatic nitrogens is 5. The number of fused-ring (bicyclic) bond motifs is 4. The summed E-state index contributed by atoms with van der Waals surface area (Å²) >= 11 is 0. The summed E-state index contributed by atoms with van der Waals surface area (Å²) in [5.74, 6) is 2.86. The van der Waals surface area contributed by atoms with Gasteiger partial charge in [0.05, 0.1) is 5.69 Å². The van der Waals surface area contributed by atoms with Gasteiger partial charge in [-0.05, 0) is 34.6 Å². The van der Waals surface area contributed by atoms with Gasteiger partial charge < -0.3 is 13.9 Å². The molecular weight excluding hydrogens is 738 g/mol. The van der Waals surface area contributed by atoms with Crippen LogP contribution in [-0.4, -0.2) is 23.5 Å². The molecule has 222 valence electrons. The molecule has 0 amide bonds. The standard InChI is InChI=1S/C38H29N5O.Pt/c1-38(2,3)27-18-19-39-36(22-27)43-33-15-8-7-14-31(33)32-17-16-30(24-34(32)43)44-29-13-9-12-28(23-29)42-25-35(26-10-5-4-6-11-26)41-21-20-40-37(41)42;/h4-22,25H,1-3H3;/q-2;+2. The molecule has 0 spiro atoms. The molecule has 4 aromatic carbocycles. The number of para-hydroxylation sites is 1. The number of benzene rings is 4. The predicted octanol–water partition coefficient (Wildman–Crippen LogP) is 8.97. The van der Waals surface area contributed by atoms with Gasteiger partial charge in [0, 0.05) is 47.4 Å². The zero-order chi connectivity index (χ0) is 29.8. The van der Waals surface area contributed by atoms with Crippen molar-refractivity contribution in [2.45, 2.75) is 26.2 Å². The van der Waals surface area contributed by atoms with Crippen molar-refractivity contribution >= 4 is 27.6 Å². The number of nitrogens with zero attached hydrogens (tertiary/aromatic N) is 5. The number of pyridine rings is 1. The molecule has 0 bridgehead atoms. The fraction of sp³-hybridized carbons (Fsp3) is 0.105. The first-order chi connectivity index (χ1) is 21.4. The molecule has 4 heterocycles. The molecule has 0 saturated heterocycles. The minimum absolute atomic E-state index is 0. The maximum Gasteiger partial charge on any atom is 2.00 e. The van der Waals surface area contributed by atoms with Crippen molar-refractivity contribution in [3.63, 3.8) is 0 Å². The van der Waals surface area contributed by atoms with Crippen molar-refractivity contribution < 1.29 is 25.8 Å². The average Bonchev–Trinajstić information content (AvgIpc) is 3.74. The molecule has 0 saturated carbocycles. The van der Waals surface area contributed by atoms with Crippen molar-refractivity contribution in [2.24, 2.45) is 0 Å². The Morgan fingerprint density at radius 3 is 2.38 bits per heavy atom. The summed E-state index contributed by atoms with van der Waals surface area (Å²) < 4.78 is 12.7. The van der Waals surface area contributed by atoms with Gasteiger partial charge >= 0.3 is 21.1 Å². The number of ether oxygens (including phenoxy) is 1. The summed E-state index contributed by atoms with van der Waals surface area (Å²) in [5.41, 5.74) is 6.21. The van der Waals surface area contributed by atoms with Crippen molar-refractivity contribution in [3.8, 4) is 34.3 Å². The molecule has 8 aromatic rings. The first-order valence-corrected chi connectivity index (χ1v) is 14.7. The maximum atomic E-state index is 6.41. The van der Waals surface area contributed by atoms with Crippen molar-refractivity contribution in [3.05, 3.63) is 140 Å². The van der Waals surface area contributed by atoms with Crippen LogP contribution in [0.3, 0.4) is 0 Å². The molecule has 0 aliphatic carbocycles. The van der Waals surface area contributed by atoms with E-state index in [2.05, 4.69) is 108 Å². The van der Waals surface area contributed by atoms with E-state index in [1.807, 2.05) is 65.6 Å². The molecule has 4 aromatic heterocycles. The van der Waals surface area contributed by atoms with E-state index in [4.69, 9.17) is 9.72 Å². The largest absolute Gasteiger partial charge is 2.00 e. The van der Waals surface area contributed by atoms with Gasteiger partial charge in [0.2, 0.25) is 5.78 Å². The van der Waals surface area contributed by atoms with Gasteiger partial charge in [-0.3, -0.25) is 4.40 Å². The van der Waals surface area contributed by atoms with Crippen LogP contribution in [-0.2, 0) is 26.5 Å². The zero-order valence-electron chi connectivity index (χ0n) is 25.0. The minimum Gasteiger partial charge on any atom is -0.509 e. The van der Waals surface area contributed by atoms with Crippen molar-refractivity contribution in [2.75, 3.05) is 0 Å². The Morgan fingerprint density at radius 1 is 0.733 bits per heavy atom. The van der Waals surface area contributed by atoms with E-state index in [-0.39, 0.29) is 26.5 Å². The van der Waals surface area contributed by atoms with Crippen LogP contribution in [0.25, 0.3) is 50.3 Å². The molecule has 0 unspecified atom stereocenters. The summed E-state index contributed by atoms with van der Waals surface area (Å²) in [7, 11) is 0. The second kappa shape index (κ2) is 11.2. The molecule has 8 rings (SSSR count). The summed E-state index contributed by atoms with van der Waals surface area (Å²) in [4.78, 5) is 9.40. The minimum atomic E-state index is -0.00116. The fourth-order valence-corrected chi connectivity index (χ4v) is 5.84. The van der Waals surface area contributed by atoms with Crippen LogP contribution in [0.5, 0.6) is 11.5 Å². The Labute approximate surface area is 275 Å². The molecule has 6 nitrogen and oxygen atoms in total. The number of rotatable bonds is 5. The van der Waals surface area contributed by atoms with Gasteiger partial charge in [0.25, 0.3) is 0 Å². The number of hydrogen-bond donors (Lipinski definition) is 0. The first kappa shape index (κ1) is 28.8. The molecule has 0 N–H and O–H groups in total. The SMILES string of the molecule is CC(C)(C)c1ccnc(-n2c3[c-]c(Oc4[c-]c(-n5cc(-c6ccccc6)n6ccnc56)ccc4)ccc3c3ccccc32)c1.[Pt+2]. The van der Waals surface area contributed by atoms with Crippen LogP contribution >= 0.6 is 0 Å². The van der Waals surface area contributed by atoms with Gasteiger partial charge in [-0.25, -0.2) is 9.97 Å². The third-order valence-corrected chi connectivity index (χ3v) is 8.05. The van der Waals surface area contributed by atoms with Crippen LogP contribution in [0.1, 0.15) is 26.3 Å². The van der Waals surface area contributed by atoms with Crippen LogP contribution in [0.15, 0.2) is 122 Å². The second-order valence-electron chi connectivity index (χ2n) is 11.9. The van der Waals surface area contributed by atoms with Gasteiger partial charge in [-0.1, -0.05) is 80.5 Å². The van der Waals surface area contributed by atoms with E-state index in [0.717, 1.165) is 50.3 Å². The van der Waals surface area contributed by atoms with Gasteiger partial charge in [-0.15, -0.1) is 35.7 Å². The van der Waals surface area contributed by atoms with Crippen LogP contribution < -0.4 is 4.74 Å². The Kier molecular flexibility index (Phi) is 7.18. The maximum absolute atomic E-state index is 6.41. The molecule has 7 heteroatoms. The second-order valence-corrected chi connectivity index (χ2v) is 11.9. The topological polar surface area (TPSA) is 49.3 Å². The van der Waals surface area contributed by atoms with Crippen LogP contribution in [0, 0.1) is 12.1 Å². The van der Waals surface area contributed by atoms with Crippen molar-refractivity contribution in [1.82, 2.24) is 23.5 Å². The Bertz CT molecular complexity index is 2310. The Morgan fingerprint density at radius 2 is 1.53 bits per heavy atom. The predicted molar refractivity (Wildman–Crippen MR) is 175 cm³/mol. The van der Waals surface area contributed by atoms with E-state index >= 15 is 0 Å². The smallest absolute Gasteiger partial charge is 0.509 e. The number of imidazole rings is 2. The average molecular weight is 767 g/mol. The normalized spacial score (nSPS) is 11.7. The van der Waals surface area contributed by atoms with Crippen LogP contribution in [0.2, 0.25) is 0 Å². The summed E-state index contributed by atoms with van der Waals surface area (Å²) in [5, 5.41) is 2.24. The fourth-order valence-electron chi connectivity index (χ4n) is 5.84. The summed E-state index contributed by atoms with van der Waals surface area (Å²) in [6.45, 7) is 6.65. The van der Waals surface area contributed by atoms with E-state index in [1.165, 1.54) is 5.56 Å². The third kappa shape index (κ3) is 5.05.